The second-order valence-corrected chi connectivity index (χ2v) is 5.82. The SMILES string of the molecule is CN=C(NCCc1cc(F)ccc1F)Nc1ccc2c(c1)OCCCO2. The van der Waals surface area contributed by atoms with Gasteiger partial charge in [0.2, 0.25) is 0 Å². The zero-order chi connectivity index (χ0) is 18.4. The molecule has 2 aromatic carbocycles. The van der Waals surface area contributed by atoms with Gasteiger partial charge in [0.05, 0.1) is 13.2 Å². The Morgan fingerprint density at radius 3 is 2.69 bits per heavy atom. The van der Waals surface area contributed by atoms with Crippen molar-refractivity contribution in [2.45, 2.75) is 12.8 Å². The van der Waals surface area contributed by atoms with Gasteiger partial charge in [0.1, 0.15) is 11.6 Å². The van der Waals surface area contributed by atoms with Gasteiger partial charge in [-0.25, -0.2) is 8.78 Å². The molecule has 0 unspecified atom stereocenters. The Morgan fingerprint density at radius 1 is 1.08 bits per heavy atom. The molecule has 26 heavy (non-hydrogen) atoms. The van der Waals surface area contributed by atoms with Crippen molar-refractivity contribution in [3.63, 3.8) is 0 Å². The summed E-state index contributed by atoms with van der Waals surface area (Å²) in [6, 6.07) is 9.01. The number of halogens is 2. The Balaban J connectivity index is 1.58. The van der Waals surface area contributed by atoms with Crippen LogP contribution >= 0.6 is 0 Å². The average molecular weight is 361 g/mol. The third-order valence-corrected chi connectivity index (χ3v) is 3.93. The van der Waals surface area contributed by atoms with Crippen LogP contribution in [-0.2, 0) is 6.42 Å². The maximum atomic E-state index is 13.7. The van der Waals surface area contributed by atoms with E-state index in [0.717, 1.165) is 30.0 Å². The number of nitrogens with zero attached hydrogens (tertiary/aromatic N) is 1. The fourth-order valence-electron chi connectivity index (χ4n) is 2.61. The molecule has 0 saturated heterocycles. The molecular formula is C19H21F2N3O2. The molecule has 0 radical (unpaired) electrons. The van der Waals surface area contributed by atoms with Crippen LogP contribution in [0.4, 0.5) is 14.5 Å². The number of guanidine groups is 1. The highest BCUT2D eigenvalue weighted by molar-refractivity contribution is 5.93. The van der Waals surface area contributed by atoms with Crippen molar-refractivity contribution in [2.75, 3.05) is 32.1 Å². The summed E-state index contributed by atoms with van der Waals surface area (Å²) >= 11 is 0. The molecule has 7 heteroatoms. The molecule has 0 bridgehead atoms. The molecule has 0 spiro atoms. The molecule has 138 valence electrons. The fraction of sp³-hybridized carbons (Fsp3) is 0.316. The Morgan fingerprint density at radius 2 is 1.88 bits per heavy atom. The summed E-state index contributed by atoms with van der Waals surface area (Å²) in [6.07, 6.45) is 1.18. The van der Waals surface area contributed by atoms with Gasteiger partial charge in [-0.1, -0.05) is 0 Å². The van der Waals surface area contributed by atoms with Crippen molar-refractivity contribution < 1.29 is 18.3 Å². The third-order valence-electron chi connectivity index (χ3n) is 3.93. The minimum atomic E-state index is -0.448. The predicted molar refractivity (Wildman–Crippen MR) is 97.1 cm³/mol. The highest BCUT2D eigenvalue weighted by Gasteiger charge is 2.11. The number of fused-ring (bicyclic) bond motifs is 1. The average Bonchev–Trinajstić information content (AvgIpc) is 2.88. The molecule has 0 aliphatic carbocycles. The Kier molecular flexibility index (Phi) is 5.88. The van der Waals surface area contributed by atoms with Crippen molar-refractivity contribution in [2.24, 2.45) is 4.99 Å². The molecule has 2 aromatic rings. The molecule has 0 aromatic heterocycles. The smallest absolute Gasteiger partial charge is 0.195 e. The fourth-order valence-corrected chi connectivity index (χ4v) is 2.61. The van der Waals surface area contributed by atoms with Gasteiger partial charge in [-0.15, -0.1) is 0 Å². The second kappa shape index (κ2) is 8.51. The molecule has 1 aliphatic heterocycles. The van der Waals surface area contributed by atoms with Gasteiger partial charge in [0, 0.05) is 31.8 Å². The van der Waals surface area contributed by atoms with Crippen LogP contribution in [0.2, 0.25) is 0 Å². The lowest BCUT2D eigenvalue weighted by Crippen LogP contribution is -2.32. The van der Waals surface area contributed by atoms with Gasteiger partial charge in [-0.3, -0.25) is 4.99 Å². The lowest BCUT2D eigenvalue weighted by molar-refractivity contribution is 0.297. The molecular weight excluding hydrogens is 340 g/mol. The maximum Gasteiger partial charge on any atom is 0.195 e. The highest BCUT2D eigenvalue weighted by Crippen LogP contribution is 2.32. The van der Waals surface area contributed by atoms with Gasteiger partial charge in [-0.05, 0) is 42.3 Å². The first-order valence-corrected chi connectivity index (χ1v) is 8.47. The minimum Gasteiger partial charge on any atom is -0.490 e. The first kappa shape index (κ1) is 18.0. The van der Waals surface area contributed by atoms with Crippen LogP contribution in [0.3, 0.4) is 0 Å². The van der Waals surface area contributed by atoms with Crippen molar-refractivity contribution in [3.05, 3.63) is 53.6 Å². The number of anilines is 1. The highest BCUT2D eigenvalue weighted by atomic mass is 19.1. The molecule has 0 saturated carbocycles. The summed E-state index contributed by atoms with van der Waals surface area (Å²) in [4.78, 5) is 4.14. The van der Waals surface area contributed by atoms with Crippen LogP contribution in [-0.4, -0.2) is 32.8 Å². The largest absolute Gasteiger partial charge is 0.490 e. The molecule has 1 aliphatic rings. The normalized spacial score (nSPS) is 13.9. The monoisotopic (exact) mass is 361 g/mol. The maximum absolute atomic E-state index is 13.7. The van der Waals surface area contributed by atoms with E-state index in [1.165, 1.54) is 6.07 Å². The summed E-state index contributed by atoms with van der Waals surface area (Å²) in [7, 11) is 1.64. The number of nitrogens with one attached hydrogen (secondary N) is 2. The van der Waals surface area contributed by atoms with Crippen molar-refractivity contribution in [1.82, 2.24) is 5.32 Å². The number of hydrogen-bond acceptors (Lipinski definition) is 3. The predicted octanol–water partition coefficient (Wildman–Crippen LogP) is 3.36. The quantitative estimate of drug-likeness (QED) is 0.648. The lowest BCUT2D eigenvalue weighted by Gasteiger charge is -2.14. The Bertz CT molecular complexity index is 796. The van der Waals surface area contributed by atoms with E-state index in [1.807, 2.05) is 18.2 Å². The standard InChI is InChI=1S/C19H21F2N3O2/c1-22-19(23-8-7-13-11-14(20)3-5-16(13)21)24-15-4-6-17-18(12-15)26-10-2-9-25-17/h3-6,11-12H,2,7-10H2,1H3,(H2,22,23,24). The van der Waals surface area contributed by atoms with Gasteiger partial charge in [0.15, 0.2) is 17.5 Å². The minimum absolute atomic E-state index is 0.323. The third kappa shape index (κ3) is 4.62. The van der Waals surface area contributed by atoms with E-state index in [1.54, 1.807) is 7.05 Å². The second-order valence-electron chi connectivity index (χ2n) is 5.82. The van der Waals surface area contributed by atoms with E-state index in [0.29, 0.717) is 43.5 Å². The van der Waals surface area contributed by atoms with Crippen molar-refractivity contribution in [1.29, 1.82) is 0 Å². The Hall–Kier alpha value is -2.83. The molecule has 2 N–H and O–H groups in total. The van der Waals surface area contributed by atoms with Crippen molar-refractivity contribution in [3.8, 4) is 11.5 Å². The zero-order valence-electron chi connectivity index (χ0n) is 14.5. The zero-order valence-corrected chi connectivity index (χ0v) is 14.5. The van der Waals surface area contributed by atoms with E-state index in [9.17, 15) is 8.78 Å². The first-order chi connectivity index (χ1) is 12.7. The molecule has 1 heterocycles. The summed E-state index contributed by atoms with van der Waals surface area (Å²) in [5, 5.41) is 6.23. The van der Waals surface area contributed by atoms with E-state index < -0.39 is 11.6 Å². The van der Waals surface area contributed by atoms with E-state index in [-0.39, 0.29) is 0 Å². The number of hydrogen-bond donors (Lipinski definition) is 2. The van der Waals surface area contributed by atoms with Crippen LogP contribution in [0.25, 0.3) is 0 Å². The van der Waals surface area contributed by atoms with Gasteiger partial charge < -0.3 is 20.1 Å². The summed E-state index contributed by atoms with van der Waals surface area (Å²) in [5.74, 6) is 1.06. The van der Waals surface area contributed by atoms with Crippen LogP contribution in [0.5, 0.6) is 11.5 Å². The first-order valence-electron chi connectivity index (χ1n) is 8.47. The summed E-state index contributed by atoms with van der Waals surface area (Å²) in [5.41, 5.74) is 1.11. The number of aliphatic imine (C=N–C) groups is 1. The van der Waals surface area contributed by atoms with Gasteiger partial charge in [-0.2, -0.15) is 0 Å². The van der Waals surface area contributed by atoms with Crippen molar-refractivity contribution >= 4 is 11.6 Å². The van der Waals surface area contributed by atoms with Crippen LogP contribution < -0.4 is 20.1 Å². The van der Waals surface area contributed by atoms with E-state index in [4.69, 9.17) is 9.47 Å². The van der Waals surface area contributed by atoms with Crippen LogP contribution in [0, 0.1) is 11.6 Å². The summed E-state index contributed by atoms with van der Waals surface area (Å²) in [6.45, 7) is 1.66. The lowest BCUT2D eigenvalue weighted by atomic mass is 10.1. The van der Waals surface area contributed by atoms with Crippen LogP contribution in [0.1, 0.15) is 12.0 Å². The van der Waals surface area contributed by atoms with Gasteiger partial charge in [0.25, 0.3) is 0 Å². The molecule has 3 rings (SSSR count). The molecule has 0 fully saturated rings. The van der Waals surface area contributed by atoms with E-state index in [2.05, 4.69) is 15.6 Å². The van der Waals surface area contributed by atoms with Crippen LogP contribution in [0.15, 0.2) is 41.4 Å². The molecule has 0 amide bonds. The number of ether oxygens (including phenoxy) is 2. The summed E-state index contributed by atoms with van der Waals surface area (Å²) < 4.78 is 38.1. The topological polar surface area (TPSA) is 54.9 Å². The number of benzene rings is 2. The molecule has 5 nitrogen and oxygen atoms in total. The van der Waals surface area contributed by atoms with Gasteiger partial charge >= 0.3 is 0 Å². The molecule has 0 atom stereocenters. The van der Waals surface area contributed by atoms with E-state index >= 15 is 0 Å². The Labute approximate surface area is 151 Å². The number of rotatable bonds is 4.